The summed E-state index contributed by atoms with van der Waals surface area (Å²) in [5.74, 6) is -2.83. The molecule has 608 valence electrons. The van der Waals surface area contributed by atoms with Crippen LogP contribution in [0.2, 0.25) is 0 Å². The van der Waals surface area contributed by atoms with Crippen molar-refractivity contribution in [1.82, 2.24) is 40.9 Å². The van der Waals surface area contributed by atoms with Gasteiger partial charge in [-0.05, 0) is 127 Å². The molecule has 5 rings (SSSR count). The van der Waals surface area contributed by atoms with Crippen molar-refractivity contribution in [3.63, 3.8) is 0 Å². The van der Waals surface area contributed by atoms with Gasteiger partial charge in [0.1, 0.15) is 0 Å². The molecule has 4 aromatic carbocycles. The highest BCUT2D eigenvalue weighted by molar-refractivity contribution is 6.76. The number of hydrogen-bond acceptors (Lipinski definition) is 20. The topological polar surface area (TPSA) is 240 Å². The third kappa shape index (κ3) is 29.5. The first-order valence-electron chi connectivity index (χ1n) is 39.5. The van der Waals surface area contributed by atoms with Crippen molar-refractivity contribution in [3.05, 3.63) is 119 Å². The Morgan fingerprint density at radius 1 is 0.259 bits per heavy atom. The second-order valence-corrected chi connectivity index (χ2v) is 40.7. The number of hydrogen-bond donors (Lipinski definition) is 4. The lowest BCUT2D eigenvalue weighted by atomic mass is 9.91. The fraction of sp³-hybridized carbons (Fsp3) is 0.650. The van der Waals surface area contributed by atoms with E-state index in [-0.39, 0.29) is 26.2 Å². The van der Waals surface area contributed by atoms with Crippen molar-refractivity contribution in [2.24, 2.45) is 21.7 Å². The Morgan fingerprint density at radius 2 is 0.398 bits per heavy atom. The molecule has 1 aliphatic heterocycles. The van der Waals surface area contributed by atoms with Gasteiger partial charge in [-0.3, -0.25) is 38.8 Å². The molecule has 4 N–H and O–H groups in total. The summed E-state index contributed by atoms with van der Waals surface area (Å²) < 4.78 is 75.6. The zero-order valence-corrected chi connectivity index (χ0v) is 73.4. The summed E-state index contributed by atoms with van der Waals surface area (Å²) in [6.45, 7) is 52.8. The molecule has 0 spiro atoms. The van der Waals surface area contributed by atoms with Crippen LogP contribution in [0.1, 0.15) is 161 Å². The Balaban J connectivity index is 1.58. The van der Waals surface area contributed by atoms with Crippen molar-refractivity contribution < 1.29 is 72.3 Å². The van der Waals surface area contributed by atoms with Crippen LogP contribution in [-0.4, -0.2) is 236 Å². The normalized spacial score (nSPS) is 18.2. The summed E-state index contributed by atoms with van der Waals surface area (Å²) >= 11 is 0. The molecule has 0 saturated carbocycles. The fourth-order valence-corrected chi connectivity index (χ4v) is 23.6. The number of nitrogens with zero attached hydrogens (tertiary/aromatic N) is 4. The van der Waals surface area contributed by atoms with E-state index in [1.165, 1.54) is 0 Å². The van der Waals surface area contributed by atoms with E-state index in [0.29, 0.717) is 158 Å². The van der Waals surface area contributed by atoms with Crippen molar-refractivity contribution >= 4 is 79.6 Å². The van der Waals surface area contributed by atoms with Crippen LogP contribution in [0.3, 0.4) is 0 Å². The van der Waals surface area contributed by atoms with Crippen LogP contribution in [0, 0.1) is 21.7 Å². The Bertz CT molecular complexity index is 2790. The van der Waals surface area contributed by atoms with Crippen LogP contribution in [-0.2, 0) is 98.5 Å². The lowest BCUT2D eigenvalue weighted by Crippen LogP contribution is -2.56. The lowest BCUT2D eigenvalue weighted by molar-refractivity contribution is -0.139. The zero-order valence-electron chi connectivity index (χ0n) is 69.4. The summed E-state index contributed by atoms with van der Waals surface area (Å²) in [6.07, 6.45) is 0. The van der Waals surface area contributed by atoms with E-state index in [4.69, 9.17) is 53.1 Å². The quantitative estimate of drug-likeness (QED) is 0.0253. The van der Waals surface area contributed by atoms with E-state index in [1.807, 2.05) is 132 Å². The Labute approximate surface area is 652 Å². The molecule has 1 aliphatic rings. The summed E-state index contributed by atoms with van der Waals surface area (Å²) in [4.78, 5) is 66.2. The van der Waals surface area contributed by atoms with Gasteiger partial charge in [0, 0.05) is 205 Å². The molecular formula is C80H136N8O16Si4. The molecule has 28 heteroatoms. The predicted molar refractivity (Wildman–Crippen MR) is 435 cm³/mol. The van der Waals surface area contributed by atoms with Crippen LogP contribution >= 0.6 is 0 Å². The minimum absolute atomic E-state index is 0.208. The van der Waals surface area contributed by atoms with Gasteiger partial charge in [-0.2, -0.15) is 0 Å². The molecule has 0 atom stereocenters. The van der Waals surface area contributed by atoms with E-state index < -0.39 is 80.5 Å². The molecule has 1 saturated heterocycles. The van der Waals surface area contributed by atoms with Gasteiger partial charge in [0.05, 0.1) is 0 Å². The maximum atomic E-state index is 14.2. The predicted octanol–water partition coefficient (Wildman–Crippen LogP) is 7.60. The number of rotatable bonds is 36. The Kier molecular flexibility index (Phi) is 39.5. The van der Waals surface area contributed by atoms with Crippen molar-refractivity contribution in [2.45, 2.75) is 165 Å². The first-order chi connectivity index (χ1) is 51.4. The second-order valence-electron chi connectivity index (χ2n) is 30.4. The molecule has 0 bridgehead atoms. The van der Waals surface area contributed by atoms with Gasteiger partial charge in [-0.15, -0.1) is 0 Å². The Hall–Kier alpha value is -5.01. The average Bonchev–Trinajstić information content (AvgIpc) is 0.827. The first-order valence-corrected chi connectivity index (χ1v) is 46.4. The molecule has 108 heavy (non-hydrogen) atoms. The molecule has 4 amide bonds. The zero-order chi connectivity index (χ0) is 79.7. The van der Waals surface area contributed by atoms with Crippen LogP contribution in [0.5, 0.6) is 0 Å². The molecule has 0 radical (unpaired) electrons. The molecule has 0 aliphatic carbocycles. The largest absolute Gasteiger partial charge is 0.537 e. The molecule has 0 aromatic heterocycles. The van der Waals surface area contributed by atoms with Crippen LogP contribution in [0.25, 0.3) is 0 Å². The van der Waals surface area contributed by atoms with Gasteiger partial charge in [-0.25, -0.2) is 0 Å². The maximum Gasteiger partial charge on any atom is 0.537 e. The molecule has 1 fully saturated rings. The van der Waals surface area contributed by atoms with E-state index in [1.54, 1.807) is 0 Å². The molecule has 1 heterocycles. The minimum Gasteiger partial charge on any atom is -0.370 e. The summed E-state index contributed by atoms with van der Waals surface area (Å²) in [5.41, 5.74) is 2.00. The first kappa shape index (κ1) is 93.6. The number of carbonyl (C=O) groups excluding carboxylic acids is 4. The van der Waals surface area contributed by atoms with Gasteiger partial charge in [-0.1, -0.05) is 152 Å². The summed E-state index contributed by atoms with van der Waals surface area (Å²) in [7, 11) is -12.8. The molecule has 0 unspecified atom stereocenters. The molecule has 4 aromatic rings. The smallest absolute Gasteiger partial charge is 0.370 e. The summed E-state index contributed by atoms with van der Waals surface area (Å²) in [6, 6.07) is 33.2. The lowest BCUT2D eigenvalue weighted by Gasteiger charge is -2.37. The van der Waals surface area contributed by atoms with Crippen molar-refractivity contribution in [1.29, 1.82) is 0 Å². The molecule has 24 nitrogen and oxygen atoms in total. The standard InChI is InChI=1S/C80H136N8O16Si4/c1-21-93-105(94-22-2,95-23-3)69-41-33-65(34-42-69)53-85-49-50-86(54-66-35-43-70(44-36-66)106(96-24-4,97-25-5)98-26-6)62-78(15,16)58-82-75(91)76(92)84-60-80(19,20)64-88(56-68-39-47-72(48-40-68)108(102-30-10,103-31-11)104-32-12)52-51-87(63-79(17,18)59-83-74(90)73(89)81-57-77(13,14)61-85)55-67-37-45-71(46-38-67)107(99-27-7,100-28-8)101-29-9/h33-48H,21-32,49-64H2,1-20H3,(H,81,89)(H,82,91)(H,83,90)(H,84,92). The van der Waals surface area contributed by atoms with Crippen LogP contribution in [0.15, 0.2) is 97.1 Å². The monoisotopic (exact) mass is 1580 g/mol. The fourth-order valence-electron chi connectivity index (χ4n) is 13.7. The van der Waals surface area contributed by atoms with E-state index in [0.717, 1.165) is 43.0 Å². The maximum absolute atomic E-state index is 14.2. The van der Waals surface area contributed by atoms with E-state index in [9.17, 15) is 19.2 Å². The average molecular weight is 1580 g/mol. The third-order valence-electron chi connectivity index (χ3n) is 18.3. The van der Waals surface area contributed by atoms with Crippen LogP contribution in [0.4, 0.5) is 0 Å². The van der Waals surface area contributed by atoms with Gasteiger partial charge in [0.25, 0.3) is 0 Å². The molecular weight excluding hydrogens is 1440 g/mol. The SMILES string of the molecule is CCO[Si](OCC)(OCC)c1ccc(CN2CCN(Cc3ccc([Si](OCC)(OCC)OCC)cc3)CC(C)(C)CNC(=O)C(=O)NCC(C)(C)CN(Cc3ccc([Si](OCC)(OCC)OCC)cc3)CCN(Cc3ccc([Si](OCC)(OCC)OCC)cc3)CC(C)(C)CNC(=O)C(=O)NCC(C)(C)C2)cc1. The van der Waals surface area contributed by atoms with E-state index in [2.05, 4.69) is 145 Å². The third-order valence-corrected chi connectivity index (χ3v) is 30.4. The Morgan fingerprint density at radius 3 is 0.528 bits per heavy atom. The number of nitrogens with one attached hydrogen (secondary N) is 4. The highest BCUT2D eigenvalue weighted by Crippen LogP contribution is 2.26. The second kappa shape index (κ2) is 45.6. The highest BCUT2D eigenvalue weighted by Gasteiger charge is 2.47. The van der Waals surface area contributed by atoms with Gasteiger partial charge in [0.2, 0.25) is 0 Å². The highest BCUT2D eigenvalue weighted by atomic mass is 28.4. The number of carbonyl (C=O) groups is 4. The minimum atomic E-state index is -3.21. The van der Waals surface area contributed by atoms with Crippen molar-refractivity contribution in [2.75, 3.05) is 158 Å². The van der Waals surface area contributed by atoms with Gasteiger partial charge >= 0.3 is 58.8 Å². The van der Waals surface area contributed by atoms with Gasteiger partial charge < -0.3 is 74.4 Å². The summed E-state index contributed by atoms with van der Waals surface area (Å²) in [5, 5.41) is 15.6. The van der Waals surface area contributed by atoms with Crippen LogP contribution < -0.4 is 42.0 Å². The van der Waals surface area contributed by atoms with Crippen molar-refractivity contribution in [3.8, 4) is 0 Å². The van der Waals surface area contributed by atoms with Gasteiger partial charge in [0.15, 0.2) is 0 Å². The van der Waals surface area contributed by atoms with E-state index >= 15 is 0 Å². The number of amides is 4. The number of benzene rings is 4.